The first-order valence-corrected chi connectivity index (χ1v) is 10.2. The molecule has 2 aliphatic heterocycles. The quantitative estimate of drug-likeness (QED) is 0.394. The van der Waals surface area contributed by atoms with Crippen molar-refractivity contribution in [2.45, 2.75) is 39.8 Å². The summed E-state index contributed by atoms with van der Waals surface area (Å²) in [5.41, 5.74) is 2.66. The van der Waals surface area contributed by atoms with E-state index in [0.29, 0.717) is 0 Å². The van der Waals surface area contributed by atoms with Crippen LogP contribution in [0.15, 0.2) is 29.3 Å². The first-order chi connectivity index (χ1) is 12.7. The Morgan fingerprint density at radius 1 is 1.22 bits per heavy atom. The lowest BCUT2D eigenvalue weighted by molar-refractivity contribution is 0.0342. The van der Waals surface area contributed by atoms with Crippen LogP contribution >= 0.6 is 24.0 Å². The number of guanidine groups is 1. The van der Waals surface area contributed by atoms with Gasteiger partial charge >= 0.3 is 0 Å². The van der Waals surface area contributed by atoms with E-state index >= 15 is 0 Å². The van der Waals surface area contributed by atoms with Crippen LogP contribution in [0, 0.1) is 5.92 Å². The molecule has 2 saturated heterocycles. The van der Waals surface area contributed by atoms with Gasteiger partial charge in [0, 0.05) is 39.3 Å². The molecule has 1 unspecified atom stereocenters. The molecule has 1 atom stereocenters. The van der Waals surface area contributed by atoms with Gasteiger partial charge in [-0.05, 0) is 36.8 Å². The van der Waals surface area contributed by atoms with Crippen molar-refractivity contribution >= 4 is 29.9 Å². The minimum Gasteiger partial charge on any atom is -0.379 e. The number of nitrogens with zero attached hydrogens (tertiary/aromatic N) is 3. The second-order valence-corrected chi connectivity index (χ2v) is 7.57. The summed E-state index contributed by atoms with van der Waals surface area (Å²) in [6, 6.07) is 8.88. The van der Waals surface area contributed by atoms with Gasteiger partial charge in [0.05, 0.1) is 19.8 Å². The van der Waals surface area contributed by atoms with Gasteiger partial charge in [-0.1, -0.05) is 31.2 Å². The maximum Gasteiger partial charge on any atom is 0.194 e. The van der Waals surface area contributed by atoms with Crippen LogP contribution in [-0.4, -0.2) is 61.7 Å². The molecule has 0 saturated carbocycles. The second kappa shape index (κ2) is 11.9. The predicted octanol–water partition coefficient (Wildman–Crippen LogP) is 3.33. The molecule has 0 bridgehead atoms. The zero-order valence-electron chi connectivity index (χ0n) is 16.8. The summed E-state index contributed by atoms with van der Waals surface area (Å²) >= 11 is 0. The average Bonchev–Trinajstić information content (AvgIpc) is 2.66. The fourth-order valence-electron chi connectivity index (χ4n) is 3.82. The highest BCUT2D eigenvalue weighted by Crippen LogP contribution is 2.16. The normalized spacial score (nSPS) is 21.6. The van der Waals surface area contributed by atoms with E-state index in [4.69, 9.17) is 9.73 Å². The molecule has 5 nitrogen and oxygen atoms in total. The Balaban J connectivity index is 0.00000261. The molecule has 6 heteroatoms. The van der Waals surface area contributed by atoms with Crippen molar-refractivity contribution in [3.8, 4) is 0 Å². The van der Waals surface area contributed by atoms with E-state index < -0.39 is 0 Å². The molecule has 2 heterocycles. The monoisotopic (exact) mass is 486 g/mol. The van der Waals surface area contributed by atoms with Gasteiger partial charge in [0.1, 0.15) is 0 Å². The molecule has 1 N–H and O–H groups in total. The van der Waals surface area contributed by atoms with Gasteiger partial charge in [-0.25, -0.2) is 4.99 Å². The highest BCUT2D eigenvalue weighted by atomic mass is 127. The summed E-state index contributed by atoms with van der Waals surface area (Å²) in [4.78, 5) is 9.82. The number of halogens is 1. The molecule has 2 aliphatic rings. The van der Waals surface area contributed by atoms with Crippen LogP contribution in [0.5, 0.6) is 0 Å². The van der Waals surface area contributed by atoms with Crippen LogP contribution in [0.25, 0.3) is 0 Å². The summed E-state index contributed by atoms with van der Waals surface area (Å²) in [7, 11) is 0. The third kappa shape index (κ3) is 7.23. The number of aliphatic imine (C=N–C) groups is 1. The van der Waals surface area contributed by atoms with E-state index in [1.54, 1.807) is 0 Å². The van der Waals surface area contributed by atoms with Crippen molar-refractivity contribution in [1.82, 2.24) is 15.1 Å². The number of morpholine rings is 1. The lowest BCUT2D eigenvalue weighted by Gasteiger charge is -2.33. The Kier molecular flexibility index (Phi) is 9.86. The third-order valence-corrected chi connectivity index (χ3v) is 5.20. The zero-order valence-corrected chi connectivity index (χ0v) is 19.2. The number of likely N-dealkylation sites (tertiary alicyclic amines) is 1. The minimum absolute atomic E-state index is 0. The average molecular weight is 486 g/mol. The molecular weight excluding hydrogens is 451 g/mol. The zero-order chi connectivity index (χ0) is 18.2. The molecule has 1 aromatic carbocycles. The van der Waals surface area contributed by atoms with Gasteiger partial charge in [0.25, 0.3) is 0 Å². The SMILES string of the molecule is CCNC(=NCc1cccc(CN2CCOCC2)c1)N1CCCC(C)C1.I. The van der Waals surface area contributed by atoms with Gasteiger partial charge < -0.3 is 15.0 Å². The molecule has 3 rings (SSSR count). The molecule has 2 fully saturated rings. The number of hydrogen-bond donors (Lipinski definition) is 1. The van der Waals surface area contributed by atoms with E-state index in [-0.39, 0.29) is 24.0 Å². The smallest absolute Gasteiger partial charge is 0.194 e. The summed E-state index contributed by atoms with van der Waals surface area (Å²) in [5, 5.41) is 3.48. The molecule has 0 aromatic heterocycles. The molecular formula is C21H35IN4O. The molecule has 0 radical (unpaired) electrons. The Morgan fingerprint density at radius 2 is 2.00 bits per heavy atom. The Labute approximate surface area is 181 Å². The fourth-order valence-corrected chi connectivity index (χ4v) is 3.82. The first kappa shape index (κ1) is 22.4. The summed E-state index contributed by atoms with van der Waals surface area (Å²) < 4.78 is 5.44. The second-order valence-electron chi connectivity index (χ2n) is 7.57. The van der Waals surface area contributed by atoms with Crippen LogP contribution in [0.4, 0.5) is 0 Å². The van der Waals surface area contributed by atoms with Crippen LogP contribution < -0.4 is 5.32 Å². The summed E-state index contributed by atoms with van der Waals surface area (Å²) in [5.74, 6) is 1.82. The molecule has 27 heavy (non-hydrogen) atoms. The van der Waals surface area contributed by atoms with Crippen LogP contribution in [0.3, 0.4) is 0 Å². The van der Waals surface area contributed by atoms with Gasteiger partial charge in [-0.3, -0.25) is 4.90 Å². The van der Waals surface area contributed by atoms with Gasteiger partial charge in [-0.2, -0.15) is 0 Å². The highest BCUT2D eigenvalue weighted by Gasteiger charge is 2.19. The third-order valence-electron chi connectivity index (χ3n) is 5.20. The van der Waals surface area contributed by atoms with Crippen molar-refractivity contribution in [3.05, 3.63) is 35.4 Å². The molecule has 1 aromatic rings. The maximum atomic E-state index is 5.44. The molecule has 0 aliphatic carbocycles. The van der Waals surface area contributed by atoms with Gasteiger partial charge in [0.2, 0.25) is 0 Å². The van der Waals surface area contributed by atoms with Crippen LogP contribution in [0.2, 0.25) is 0 Å². The summed E-state index contributed by atoms with van der Waals surface area (Å²) in [6.07, 6.45) is 2.60. The van der Waals surface area contributed by atoms with Crippen molar-refractivity contribution < 1.29 is 4.74 Å². The number of nitrogens with one attached hydrogen (secondary N) is 1. The van der Waals surface area contributed by atoms with E-state index in [1.165, 1.54) is 24.0 Å². The first-order valence-electron chi connectivity index (χ1n) is 10.2. The Morgan fingerprint density at radius 3 is 2.74 bits per heavy atom. The number of piperidine rings is 1. The Hall–Kier alpha value is -0.860. The highest BCUT2D eigenvalue weighted by molar-refractivity contribution is 14.0. The molecule has 0 amide bonds. The van der Waals surface area contributed by atoms with Crippen molar-refractivity contribution in [3.63, 3.8) is 0 Å². The van der Waals surface area contributed by atoms with Crippen LogP contribution in [0.1, 0.15) is 37.8 Å². The lowest BCUT2D eigenvalue weighted by atomic mass is 10.0. The Bertz CT molecular complexity index is 589. The van der Waals surface area contributed by atoms with Crippen LogP contribution in [-0.2, 0) is 17.8 Å². The van der Waals surface area contributed by atoms with E-state index in [0.717, 1.165) is 70.9 Å². The number of ether oxygens (including phenoxy) is 1. The predicted molar refractivity (Wildman–Crippen MR) is 123 cm³/mol. The molecule has 152 valence electrons. The summed E-state index contributed by atoms with van der Waals surface area (Å²) in [6.45, 7) is 13.1. The van der Waals surface area contributed by atoms with E-state index in [2.05, 4.69) is 53.2 Å². The molecule has 0 spiro atoms. The van der Waals surface area contributed by atoms with Crippen molar-refractivity contribution in [2.24, 2.45) is 10.9 Å². The maximum absolute atomic E-state index is 5.44. The van der Waals surface area contributed by atoms with Gasteiger partial charge in [-0.15, -0.1) is 24.0 Å². The topological polar surface area (TPSA) is 40.1 Å². The lowest BCUT2D eigenvalue weighted by Crippen LogP contribution is -2.46. The number of rotatable bonds is 5. The minimum atomic E-state index is 0. The standard InChI is InChI=1S/C21H34N4O.HI/c1-3-22-21(25-9-5-6-18(2)16-25)23-15-19-7-4-8-20(14-19)17-24-10-12-26-13-11-24;/h4,7-8,14,18H,3,5-6,9-13,15-17H2,1-2H3,(H,22,23);1H. The van der Waals surface area contributed by atoms with Crippen molar-refractivity contribution in [2.75, 3.05) is 45.9 Å². The fraction of sp³-hybridized carbons (Fsp3) is 0.667. The number of benzene rings is 1. The van der Waals surface area contributed by atoms with Crippen molar-refractivity contribution in [1.29, 1.82) is 0 Å². The van der Waals surface area contributed by atoms with Gasteiger partial charge in [0.15, 0.2) is 5.96 Å². The largest absolute Gasteiger partial charge is 0.379 e. The van der Waals surface area contributed by atoms with E-state index in [1.807, 2.05) is 0 Å². The van der Waals surface area contributed by atoms with E-state index in [9.17, 15) is 0 Å². The number of hydrogen-bond acceptors (Lipinski definition) is 3.